The lowest BCUT2D eigenvalue weighted by Crippen LogP contribution is -2.19. The molecular weight excluding hydrogens is 290 g/mol. The highest BCUT2D eigenvalue weighted by Gasteiger charge is 2.14. The van der Waals surface area contributed by atoms with Crippen molar-refractivity contribution in [2.75, 3.05) is 20.8 Å². The number of methoxy groups -OCH3 is 2. The molecule has 4 nitrogen and oxygen atoms in total. The van der Waals surface area contributed by atoms with Gasteiger partial charge >= 0.3 is 0 Å². The van der Waals surface area contributed by atoms with Crippen LogP contribution in [0.4, 0.5) is 0 Å². The summed E-state index contributed by atoms with van der Waals surface area (Å²) < 4.78 is 16.2. The van der Waals surface area contributed by atoms with Gasteiger partial charge < -0.3 is 19.9 Å². The Bertz CT molecular complexity index is 604. The number of para-hydroxylation sites is 1. The Morgan fingerprint density at radius 2 is 1.81 bits per heavy atom. The number of benzene rings is 2. The minimum atomic E-state index is -0.331. The predicted octanol–water partition coefficient (Wildman–Crippen LogP) is 3.44. The van der Waals surface area contributed by atoms with Crippen molar-refractivity contribution in [2.45, 2.75) is 6.04 Å². The quantitative estimate of drug-likeness (QED) is 0.888. The lowest BCUT2D eigenvalue weighted by atomic mass is 10.1. The minimum absolute atomic E-state index is 0.298. The molecule has 0 aliphatic rings. The summed E-state index contributed by atoms with van der Waals surface area (Å²) in [6.07, 6.45) is 0. The zero-order valence-electron chi connectivity index (χ0n) is 12.0. The van der Waals surface area contributed by atoms with E-state index >= 15 is 0 Å². The van der Waals surface area contributed by atoms with Crippen molar-refractivity contribution >= 4 is 11.6 Å². The molecule has 0 aliphatic carbocycles. The van der Waals surface area contributed by atoms with Crippen LogP contribution >= 0.6 is 11.6 Å². The van der Waals surface area contributed by atoms with Crippen LogP contribution in [0.25, 0.3) is 0 Å². The third-order valence-electron chi connectivity index (χ3n) is 3.10. The third kappa shape index (κ3) is 3.80. The van der Waals surface area contributed by atoms with E-state index in [4.69, 9.17) is 31.5 Å². The van der Waals surface area contributed by atoms with E-state index in [1.165, 1.54) is 0 Å². The van der Waals surface area contributed by atoms with E-state index in [0.29, 0.717) is 23.1 Å². The Labute approximate surface area is 129 Å². The average Bonchev–Trinajstić information content (AvgIpc) is 2.53. The molecule has 21 heavy (non-hydrogen) atoms. The smallest absolute Gasteiger partial charge is 0.137 e. The first-order chi connectivity index (χ1) is 10.2. The van der Waals surface area contributed by atoms with E-state index < -0.39 is 0 Å². The van der Waals surface area contributed by atoms with E-state index in [1.54, 1.807) is 32.4 Å². The van der Waals surface area contributed by atoms with Crippen LogP contribution in [-0.4, -0.2) is 20.8 Å². The maximum absolute atomic E-state index is 6.17. The predicted molar refractivity (Wildman–Crippen MR) is 83.4 cm³/mol. The number of hydrogen-bond donors (Lipinski definition) is 1. The molecule has 112 valence electrons. The highest BCUT2D eigenvalue weighted by atomic mass is 35.5. The SMILES string of the molecule is COc1ccc(C(N)COc2ccccc2Cl)c(OC)c1. The normalized spacial score (nSPS) is 11.8. The van der Waals surface area contributed by atoms with Gasteiger partial charge in [0, 0.05) is 11.6 Å². The summed E-state index contributed by atoms with van der Waals surface area (Å²) >= 11 is 6.04. The monoisotopic (exact) mass is 307 g/mol. The largest absolute Gasteiger partial charge is 0.497 e. The molecule has 0 saturated carbocycles. The topological polar surface area (TPSA) is 53.7 Å². The molecule has 2 aromatic rings. The molecule has 2 rings (SSSR count). The molecule has 5 heteroatoms. The molecule has 1 unspecified atom stereocenters. The van der Waals surface area contributed by atoms with Crippen molar-refractivity contribution in [3.63, 3.8) is 0 Å². The van der Waals surface area contributed by atoms with Crippen LogP contribution in [0.15, 0.2) is 42.5 Å². The first kappa shape index (κ1) is 15.5. The fraction of sp³-hybridized carbons (Fsp3) is 0.250. The third-order valence-corrected chi connectivity index (χ3v) is 3.41. The summed E-state index contributed by atoms with van der Waals surface area (Å²) in [5, 5.41) is 0.561. The van der Waals surface area contributed by atoms with Crippen LogP contribution in [0.3, 0.4) is 0 Å². The molecule has 0 fully saturated rings. The summed E-state index contributed by atoms with van der Waals surface area (Å²) in [6, 6.07) is 12.5. The van der Waals surface area contributed by atoms with Crippen molar-refractivity contribution in [2.24, 2.45) is 5.73 Å². The molecule has 2 N–H and O–H groups in total. The van der Waals surface area contributed by atoms with E-state index in [2.05, 4.69) is 0 Å². The Kier molecular flexibility index (Phi) is 5.31. The van der Waals surface area contributed by atoms with Crippen molar-refractivity contribution in [1.29, 1.82) is 0 Å². The van der Waals surface area contributed by atoms with Crippen molar-refractivity contribution in [1.82, 2.24) is 0 Å². The molecule has 0 spiro atoms. The summed E-state index contributed by atoms with van der Waals surface area (Å²) in [5.74, 6) is 2.00. The van der Waals surface area contributed by atoms with Crippen LogP contribution in [0.2, 0.25) is 5.02 Å². The Morgan fingerprint density at radius 1 is 1.05 bits per heavy atom. The van der Waals surface area contributed by atoms with Gasteiger partial charge in [0.25, 0.3) is 0 Å². The number of ether oxygens (including phenoxy) is 3. The number of halogens is 1. The Morgan fingerprint density at radius 3 is 2.48 bits per heavy atom. The van der Waals surface area contributed by atoms with Crippen LogP contribution in [-0.2, 0) is 0 Å². The van der Waals surface area contributed by atoms with Gasteiger partial charge in [0.05, 0.1) is 25.3 Å². The number of rotatable bonds is 6. The molecular formula is C16H18ClNO3. The number of nitrogens with two attached hydrogens (primary N) is 1. The van der Waals surface area contributed by atoms with Gasteiger partial charge in [0.2, 0.25) is 0 Å². The maximum Gasteiger partial charge on any atom is 0.137 e. The van der Waals surface area contributed by atoms with Crippen molar-refractivity contribution in [3.05, 3.63) is 53.1 Å². The van der Waals surface area contributed by atoms with Gasteiger partial charge in [-0.25, -0.2) is 0 Å². The second-order valence-electron chi connectivity index (χ2n) is 4.46. The van der Waals surface area contributed by atoms with Gasteiger partial charge in [-0.15, -0.1) is 0 Å². The lowest BCUT2D eigenvalue weighted by Gasteiger charge is -2.17. The van der Waals surface area contributed by atoms with Crippen LogP contribution in [0, 0.1) is 0 Å². The van der Waals surface area contributed by atoms with Crippen LogP contribution in [0.5, 0.6) is 17.2 Å². The summed E-state index contributed by atoms with van der Waals surface area (Å²) in [5.41, 5.74) is 7.02. The molecule has 0 bridgehead atoms. The Hall–Kier alpha value is -1.91. The van der Waals surface area contributed by atoms with E-state index in [0.717, 1.165) is 11.3 Å². The van der Waals surface area contributed by atoms with Gasteiger partial charge in [-0.2, -0.15) is 0 Å². The maximum atomic E-state index is 6.17. The first-order valence-corrected chi connectivity index (χ1v) is 6.88. The second kappa shape index (κ2) is 7.20. The van der Waals surface area contributed by atoms with Crippen LogP contribution < -0.4 is 19.9 Å². The molecule has 0 aromatic heterocycles. The van der Waals surface area contributed by atoms with E-state index in [1.807, 2.05) is 24.3 Å². The molecule has 0 radical (unpaired) electrons. The van der Waals surface area contributed by atoms with Gasteiger partial charge in [0.1, 0.15) is 23.9 Å². The highest BCUT2D eigenvalue weighted by molar-refractivity contribution is 6.32. The average molecular weight is 308 g/mol. The molecule has 0 amide bonds. The van der Waals surface area contributed by atoms with Crippen molar-refractivity contribution < 1.29 is 14.2 Å². The van der Waals surface area contributed by atoms with E-state index in [9.17, 15) is 0 Å². The first-order valence-electron chi connectivity index (χ1n) is 6.50. The highest BCUT2D eigenvalue weighted by Crippen LogP contribution is 2.30. The number of hydrogen-bond acceptors (Lipinski definition) is 4. The Balaban J connectivity index is 2.10. The molecule has 1 atom stereocenters. The van der Waals surface area contributed by atoms with Gasteiger partial charge in [0.15, 0.2) is 0 Å². The van der Waals surface area contributed by atoms with Crippen LogP contribution in [0.1, 0.15) is 11.6 Å². The zero-order chi connectivity index (χ0) is 15.2. The van der Waals surface area contributed by atoms with E-state index in [-0.39, 0.29) is 6.04 Å². The zero-order valence-corrected chi connectivity index (χ0v) is 12.8. The van der Waals surface area contributed by atoms with Gasteiger partial charge in [-0.3, -0.25) is 0 Å². The summed E-state index contributed by atoms with van der Waals surface area (Å²) in [6.45, 7) is 0.298. The summed E-state index contributed by atoms with van der Waals surface area (Å²) in [7, 11) is 3.20. The molecule has 0 heterocycles. The fourth-order valence-electron chi connectivity index (χ4n) is 1.96. The molecule has 2 aromatic carbocycles. The molecule has 0 aliphatic heterocycles. The second-order valence-corrected chi connectivity index (χ2v) is 4.86. The fourth-order valence-corrected chi connectivity index (χ4v) is 2.15. The lowest BCUT2D eigenvalue weighted by molar-refractivity contribution is 0.286. The standard InChI is InChI=1S/C16H18ClNO3/c1-19-11-7-8-12(16(9-11)20-2)14(18)10-21-15-6-4-3-5-13(15)17/h3-9,14H,10,18H2,1-2H3. The summed E-state index contributed by atoms with van der Waals surface area (Å²) in [4.78, 5) is 0. The molecule has 0 saturated heterocycles. The minimum Gasteiger partial charge on any atom is -0.497 e. The van der Waals surface area contributed by atoms with Gasteiger partial charge in [-0.05, 0) is 24.3 Å². The van der Waals surface area contributed by atoms with Gasteiger partial charge in [-0.1, -0.05) is 23.7 Å². The van der Waals surface area contributed by atoms with Crippen molar-refractivity contribution in [3.8, 4) is 17.2 Å².